The van der Waals surface area contributed by atoms with Crippen LogP contribution in [-0.4, -0.2) is 73.8 Å². The summed E-state index contributed by atoms with van der Waals surface area (Å²) in [4.78, 5) is 9.90. The van der Waals surface area contributed by atoms with Crippen LogP contribution in [0.1, 0.15) is 0 Å². The average molecular weight is 212 g/mol. The summed E-state index contributed by atoms with van der Waals surface area (Å²) in [6, 6.07) is 0. The van der Waals surface area contributed by atoms with Crippen LogP contribution in [0.15, 0.2) is 0 Å². The standard InChI is InChI=1S/C6H12O6.H4Si/c7-1-3(9)5(11)6(12)4(10)2-8;/h1,3-6,8-12H,2H2;1H4. The van der Waals surface area contributed by atoms with E-state index in [0.29, 0.717) is 0 Å². The van der Waals surface area contributed by atoms with E-state index in [9.17, 15) is 4.79 Å². The molecule has 0 fully saturated rings. The first-order chi connectivity index (χ1) is 5.54. The Hall–Kier alpha value is -0.313. The molecule has 0 radical (unpaired) electrons. The van der Waals surface area contributed by atoms with Gasteiger partial charge in [0.1, 0.15) is 24.4 Å². The monoisotopic (exact) mass is 212 g/mol. The lowest BCUT2D eigenvalue weighted by Crippen LogP contribution is -2.46. The normalized spacial score (nSPS) is 19.5. The molecule has 5 N–H and O–H groups in total. The van der Waals surface area contributed by atoms with Gasteiger partial charge in [0, 0.05) is 0 Å². The highest BCUT2D eigenvalue weighted by Gasteiger charge is 2.29. The van der Waals surface area contributed by atoms with Gasteiger partial charge in [-0.3, -0.25) is 0 Å². The Labute approximate surface area is 79.5 Å². The van der Waals surface area contributed by atoms with Crippen molar-refractivity contribution in [3.8, 4) is 0 Å². The van der Waals surface area contributed by atoms with Crippen LogP contribution in [0.5, 0.6) is 0 Å². The Balaban J connectivity index is 0. The summed E-state index contributed by atoms with van der Waals surface area (Å²) in [6.45, 7) is -0.760. The van der Waals surface area contributed by atoms with Crippen molar-refractivity contribution >= 4 is 17.3 Å². The first-order valence-electron chi connectivity index (χ1n) is 3.33. The number of carbonyl (C=O) groups excluding carboxylic acids is 1. The minimum atomic E-state index is -1.79. The maximum absolute atomic E-state index is 9.90. The molecule has 0 saturated heterocycles. The zero-order chi connectivity index (χ0) is 9.72. The molecule has 0 spiro atoms. The number of aliphatic hydroxyl groups is 5. The summed E-state index contributed by atoms with van der Waals surface area (Å²) in [5.41, 5.74) is 0. The topological polar surface area (TPSA) is 118 Å². The summed E-state index contributed by atoms with van der Waals surface area (Å²) in [5.74, 6) is 0. The predicted octanol–water partition coefficient (Wildman–Crippen LogP) is -4.83. The maximum Gasteiger partial charge on any atom is 0.151 e. The van der Waals surface area contributed by atoms with E-state index >= 15 is 0 Å². The van der Waals surface area contributed by atoms with Gasteiger partial charge in [-0.25, -0.2) is 0 Å². The van der Waals surface area contributed by atoms with E-state index in [2.05, 4.69) is 0 Å². The highest BCUT2D eigenvalue weighted by molar-refractivity contribution is 5.75. The molecule has 13 heavy (non-hydrogen) atoms. The third-order valence-corrected chi connectivity index (χ3v) is 1.42. The van der Waals surface area contributed by atoms with Crippen molar-refractivity contribution in [3.05, 3.63) is 0 Å². The van der Waals surface area contributed by atoms with Crippen LogP contribution in [0.2, 0.25) is 0 Å². The number of rotatable bonds is 5. The summed E-state index contributed by atoms with van der Waals surface area (Å²) in [6.07, 6.45) is -6.84. The van der Waals surface area contributed by atoms with Gasteiger partial charge in [-0.1, -0.05) is 0 Å². The molecule has 0 rings (SSSR count). The smallest absolute Gasteiger partial charge is 0.151 e. The van der Waals surface area contributed by atoms with E-state index in [1.54, 1.807) is 0 Å². The fourth-order valence-electron chi connectivity index (χ4n) is 0.618. The number of aldehydes is 1. The van der Waals surface area contributed by atoms with Crippen LogP contribution in [0, 0.1) is 0 Å². The number of hydrogen-bond donors (Lipinski definition) is 5. The van der Waals surface area contributed by atoms with Crippen LogP contribution in [0.25, 0.3) is 0 Å². The van der Waals surface area contributed by atoms with Crippen molar-refractivity contribution in [3.63, 3.8) is 0 Å². The van der Waals surface area contributed by atoms with E-state index in [1.165, 1.54) is 0 Å². The lowest BCUT2D eigenvalue weighted by molar-refractivity contribution is -0.136. The van der Waals surface area contributed by atoms with Gasteiger partial charge in [0.15, 0.2) is 6.29 Å². The highest BCUT2D eigenvalue weighted by Crippen LogP contribution is 2.02. The molecular weight excluding hydrogens is 196 g/mol. The second-order valence-corrected chi connectivity index (χ2v) is 2.36. The van der Waals surface area contributed by atoms with Crippen LogP contribution < -0.4 is 0 Å². The Morgan fingerprint density at radius 1 is 1.08 bits per heavy atom. The molecule has 0 heterocycles. The van der Waals surface area contributed by atoms with Gasteiger partial charge < -0.3 is 30.3 Å². The SMILES string of the molecule is O=CC(O)C(O)C(O)C(O)CO.[SiH4]. The van der Waals surface area contributed by atoms with Crippen molar-refractivity contribution in [2.45, 2.75) is 24.4 Å². The Bertz CT molecular complexity index is 143. The number of carbonyl (C=O) groups is 1. The number of hydrogen-bond acceptors (Lipinski definition) is 6. The quantitative estimate of drug-likeness (QED) is 0.230. The molecule has 0 aromatic rings. The molecule has 7 heteroatoms. The van der Waals surface area contributed by atoms with Crippen molar-refractivity contribution in [2.24, 2.45) is 0 Å². The molecule has 0 aromatic heterocycles. The summed E-state index contributed by atoms with van der Waals surface area (Å²) >= 11 is 0. The Morgan fingerprint density at radius 2 is 1.54 bits per heavy atom. The molecule has 0 saturated carbocycles. The highest BCUT2D eigenvalue weighted by atomic mass is 28.1. The van der Waals surface area contributed by atoms with Gasteiger partial charge in [0.2, 0.25) is 0 Å². The van der Waals surface area contributed by atoms with Crippen LogP contribution >= 0.6 is 0 Å². The van der Waals surface area contributed by atoms with E-state index < -0.39 is 31.0 Å². The second kappa shape index (κ2) is 7.13. The van der Waals surface area contributed by atoms with Crippen molar-refractivity contribution < 1.29 is 30.3 Å². The van der Waals surface area contributed by atoms with Crippen molar-refractivity contribution in [1.82, 2.24) is 0 Å². The first kappa shape index (κ1) is 15.2. The van der Waals surface area contributed by atoms with Crippen LogP contribution in [-0.2, 0) is 4.79 Å². The Morgan fingerprint density at radius 3 is 1.85 bits per heavy atom. The molecular formula is C6H16O6Si. The van der Waals surface area contributed by atoms with Gasteiger partial charge in [0.05, 0.1) is 6.61 Å². The summed E-state index contributed by atoms with van der Waals surface area (Å²) in [7, 11) is 0. The molecule has 80 valence electrons. The van der Waals surface area contributed by atoms with Gasteiger partial charge in [-0.05, 0) is 11.0 Å². The largest absolute Gasteiger partial charge is 0.394 e. The summed E-state index contributed by atoms with van der Waals surface area (Å²) < 4.78 is 0. The zero-order valence-electron chi connectivity index (χ0n) is 6.24. The third kappa shape index (κ3) is 4.46. The third-order valence-electron chi connectivity index (χ3n) is 1.42. The minimum absolute atomic E-state index is 0. The lowest BCUT2D eigenvalue weighted by Gasteiger charge is -2.22. The fourth-order valence-corrected chi connectivity index (χ4v) is 0.618. The van der Waals surface area contributed by atoms with Gasteiger partial charge in [-0.2, -0.15) is 0 Å². The lowest BCUT2D eigenvalue weighted by atomic mass is 10.0. The molecule has 4 atom stereocenters. The molecule has 0 aromatic carbocycles. The van der Waals surface area contributed by atoms with E-state index in [-0.39, 0.29) is 17.3 Å². The molecule has 0 aliphatic carbocycles. The minimum Gasteiger partial charge on any atom is -0.394 e. The molecule has 6 nitrogen and oxygen atoms in total. The summed E-state index contributed by atoms with van der Waals surface area (Å²) in [5, 5.41) is 43.5. The van der Waals surface area contributed by atoms with E-state index in [1.807, 2.05) is 0 Å². The van der Waals surface area contributed by atoms with Crippen LogP contribution in [0.3, 0.4) is 0 Å². The predicted molar refractivity (Wildman–Crippen MR) is 48.5 cm³/mol. The van der Waals surface area contributed by atoms with Crippen molar-refractivity contribution in [2.75, 3.05) is 6.61 Å². The van der Waals surface area contributed by atoms with Gasteiger partial charge >= 0.3 is 0 Å². The fraction of sp³-hybridized carbons (Fsp3) is 0.833. The average Bonchev–Trinajstić information content (AvgIpc) is 2.12. The first-order valence-corrected chi connectivity index (χ1v) is 3.33. The molecule has 4 unspecified atom stereocenters. The molecule has 0 aliphatic heterocycles. The molecule has 0 aliphatic rings. The number of aliphatic hydroxyl groups excluding tert-OH is 5. The zero-order valence-corrected chi connectivity index (χ0v) is 6.24. The van der Waals surface area contributed by atoms with Gasteiger partial charge in [-0.15, -0.1) is 0 Å². The Kier molecular flexibility index (Phi) is 8.32. The second-order valence-electron chi connectivity index (χ2n) is 2.36. The molecule has 0 bridgehead atoms. The molecule has 0 amide bonds. The van der Waals surface area contributed by atoms with E-state index in [0.717, 1.165) is 0 Å². The van der Waals surface area contributed by atoms with Gasteiger partial charge in [0.25, 0.3) is 0 Å². The van der Waals surface area contributed by atoms with Crippen molar-refractivity contribution in [1.29, 1.82) is 0 Å². The van der Waals surface area contributed by atoms with E-state index in [4.69, 9.17) is 25.5 Å². The maximum atomic E-state index is 9.90. The van der Waals surface area contributed by atoms with Crippen LogP contribution in [0.4, 0.5) is 0 Å².